The number of aliphatic hydroxyl groups is 4. The predicted molar refractivity (Wildman–Crippen MR) is 161 cm³/mol. The molecule has 3 heterocycles. The Kier molecular flexibility index (Phi) is 7.75. The first-order chi connectivity index (χ1) is 22.4. The summed E-state index contributed by atoms with van der Waals surface area (Å²) in [6.07, 6.45) is -4.00. The number of aromatic nitrogens is 4. The van der Waals surface area contributed by atoms with Crippen LogP contribution in [0.5, 0.6) is 0 Å². The van der Waals surface area contributed by atoms with Gasteiger partial charge in [0.25, 0.3) is 0 Å². The van der Waals surface area contributed by atoms with Crippen molar-refractivity contribution in [3.63, 3.8) is 0 Å². The van der Waals surface area contributed by atoms with E-state index in [0.29, 0.717) is 4.57 Å². The van der Waals surface area contributed by atoms with Gasteiger partial charge in [-0.25, -0.2) is 8.78 Å². The standard InChI is InChI=1S/C30H24ClF6N7O4/c1-4-38-27-43(3)26-21(44(27)30(47,48)29(37,45)46)10-19(23-22(26)12(2)40-25(23)15-7-13(32)5-6-18(15)31)41-20-11-39-42-24-16(20)8-14(33)9-17(24)28(34,35)36/h5-11,25,40,45-48H,2,4H2,1,3H3,(H,41,42). The smallest absolute Gasteiger partial charge is 0.374 e. The van der Waals surface area contributed by atoms with Gasteiger partial charge in [-0.2, -0.15) is 22.7 Å². The van der Waals surface area contributed by atoms with E-state index in [1.165, 1.54) is 23.7 Å². The molecule has 1 aliphatic heterocycles. The number of anilines is 2. The Hall–Kier alpha value is -4.68. The van der Waals surface area contributed by atoms with Crippen molar-refractivity contribution in [3.8, 4) is 0 Å². The Labute approximate surface area is 270 Å². The molecule has 1 unspecified atom stereocenters. The van der Waals surface area contributed by atoms with Crippen LogP contribution in [0.2, 0.25) is 5.02 Å². The van der Waals surface area contributed by atoms with E-state index in [9.17, 15) is 46.8 Å². The van der Waals surface area contributed by atoms with Gasteiger partial charge in [0.15, 0.2) is 0 Å². The largest absolute Gasteiger partial charge is 0.418 e. The van der Waals surface area contributed by atoms with Gasteiger partial charge in [-0.15, -0.1) is 5.10 Å². The van der Waals surface area contributed by atoms with Crippen LogP contribution in [-0.4, -0.2) is 52.3 Å². The fourth-order valence-electron chi connectivity index (χ4n) is 5.89. The average Bonchev–Trinajstić information content (AvgIpc) is 3.47. The predicted octanol–water partition coefficient (Wildman–Crippen LogP) is 4.40. The third-order valence-electron chi connectivity index (χ3n) is 7.90. The number of aryl methyl sites for hydroxylation is 1. The minimum absolute atomic E-state index is 0.00776. The molecule has 0 fully saturated rings. The van der Waals surface area contributed by atoms with Crippen LogP contribution in [0.15, 0.2) is 54.2 Å². The maximum Gasteiger partial charge on any atom is 0.418 e. The number of fused-ring (bicyclic) bond motifs is 4. The molecule has 0 bridgehead atoms. The fraction of sp³-hybridized carbons (Fsp3) is 0.233. The summed E-state index contributed by atoms with van der Waals surface area (Å²) in [4.78, 5) is 4.18. The summed E-state index contributed by atoms with van der Waals surface area (Å²) in [6.45, 7) is 5.59. The lowest BCUT2D eigenvalue weighted by atomic mass is 9.94. The minimum Gasteiger partial charge on any atom is -0.374 e. The molecular formula is C30H24ClF6N7O4. The van der Waals surface area contributed by atoms with Gasteiger partial charge >= 0.3 is 18.1 Å². The van der Waals surface area contributed by atoms with E-state index in [4.69, 9.17) is 11.6 Å². The zero-order chi connectivity index (χ0) is 35.1. The van der Waals surface area contributed by atoms with Crippen LogP contribution in [-0.2, 0) is 19.1 Å². The van der Waals surface area contributed by atoms with Crippen LogP contribution >= 0.6 is 11.6 Å². The second-order valence-corrected chi connectivity index (χ2v) is 11.3. The third kappa shape index (κ3) is 5.14. The molecule has 0 saturated carbocycles. The fourth-order valence-corrected chi connectivity index (χ4v) is 6.12. The Balaban J connectivity index is 1.75. The number of rotatable bonds is 6. The Morgan fingerprint density at radius 1 is 1.04 bits per heavy atom. The van der Waals surface area contributed by atoms with E-state index >= 15 is 0 Å². The number of imidazole rings is 1. The quantitative estimate of drug-likeness (QED) is 0.113. The van der Waals surface area contributed by atoms with E-state index < -0.39 is 46.9 Å². The molecule has 0 radical (unpaired) electrons. The van der Waals surface area contributed by atoms with Gasteiger partial charge in [0, 0.05) is 52.1 Å². The van der Waals surface area contributed by atoms with Crippen molar-refractivity contribution in [2.75, 3.05) is 11.9 Å². The molecule has 1 atom stereocenters. The number of hydrogen-bond donors (Lipinski definition) is 6. The number of benzene rings is 3. The normalized spacial score (nSPS) is 15.8. The summed E-state index contributed by atoms with van der Waals surface area (Å²) < 4.78 is 87.0. The van der Waals surface area contributed by atoms with Crippen molar-refractivity contribution >= 4 is 50.6 Å². The van der Waals surface area contributed by atoms with Crippen LogP contribution in [0.1, 0.15) is 35.2 Å². The molecule has 18 heteroatoms. The summed E-state index contributed by atoms with van der Waals surface area (Å²) in [5.41, 5.74) is -2.24. The van der Waals surface area contributed by atoms with Crippen molar-refractivity contribution in [2.24, 2.45) is 12.0 Å². The molecule has 0 saturated heterocycles. The molecule has 2 aromatic heterocycles. The molecule has 1 aliphatic rings. The van der Waals surface area contributed by atoms with Crippen LogP contribution in [0.3, 0.4) is 0 Å². The molecule has 0 spiro atoms. The highest BCUT2D eigenvalue weighted by Gasteiger charge is 2.53. The van der Waals surface area contributed by atoms with Crippen LogP contribution in [0, 0.1) is 11.6 Å². The zero-order valence-corrected chi connectivity index (χ0v) is 25.5. The van der Waals surface area contributed by atoms with E-state index in [-0.39, 0.29) is 73.4 Å². The molecule has 6 rings (SSSR count). The Morgan fingerprint density at radius 3 is 2.40 bits per heavy atom. The first-order valence-electron chi connectivity index (χ1n) is 13.9. The van der Waals surface area contributed by atoms with Gasteiger partial charge in [0.2, 0.25) is 5.62 Å². The maximum absolute atomic E-state index is 14.6. The zero-order valence-electron chi connectivity index (χ0n) is 24.7. The van der Waals surface area contributed by atoms with E-state index in [2.05, 4.69) is 32.4 Å². The molecule has 5 aromatic rings. The van der Waals surface area contributed by atoms with E-state index in [1.807, 2.05) is 0 Å². The first kappa shape index (κ1) is 33.2. The van der Waals surface area contributed by atoms with Crippen LogP contribution in [0.4, 0.5) is 37.7 Å². The number of nitrogens with one attached hydrogen (secondary N) is 2. The van der Waals surface area contributed by atoms with E-state index in [0.717, 1.165) is 24.4 Å². The molecule has 0 amide bonds. The van der Waals surface area contributed by atoms with Crippen LogP contribution < -0.4 is 16.3 Å². The van der Waals surface area contributed by atoms with Crippen LogP contribution in [0.25, 0.3) is 27.6 Å². The average molecular weight is 696 g/mol. The first-order valence-corrected chi connectivity index (χ1v) is 14.3. The van der Waals surface area contributed by atoms with Crippen molar-refractivity contribution in [1.82, 2.24) is 24.6 Å². The van der Waals surface area contributed by atoms with Crippen molar-refractivity contribution in [3.05, 3.63) is 93.7 Å². The second kappa shape index (κ2) is 11.2. The summed E-state index contributed by atoms with van der Waals surface area (Å²) in [5.74, 6) is -5.98. The topological polar surface area (TPSA) is 153 Å². The lowest BCUT2D eigenvalue weighted by molar-refractivity contribution is -0.451. The highest BCUT2D eigenvalue weighted by atomic mass is 35.5. The van der Waals surface area contributed by atoms with Gasteiger partial charge < -0.3 is 35.6 Å². The molecule has 252 valence electrons. The lowest BCUT2D eigenvalue weighted by Gasteiger charge is -2.29. The second-order valence-electron chi connectivity index (χ2n) is 10.9. The number of nitrogens with zero attached hydrogens (tertiary/aromatic N) is 5. The molecule has 6 N–H and O–H groups in total. The highest BCUT2D eigenvalue weighted by Crippen LogP contribution is 2.48. The molecule has 3 aromatic carbocycles. The van der Waals surface area contributed by atoms with Crippen molar-refractivity contribution in [1.29, 1.82) is 0 Å². The molecule has 48 heavy (non-hydrogen) atoms. The van der Waals surface area contributed by atoms with E-state index in [1.54, 1.807) is 6.92 Å². The minimum atomic E-state index is -5.01. The monoisotopic (exact) mass is 695 g/mol. The Morgan fingerprint density at radius 2 is 1.75 bits per heavy atom. The number of alkyl halides is 4. The highest BCUT2D eigenvalue weighted by molar-refractivity contribution is 6.31. The number of halogens is 7. The van der Waals surface area contributed by atoms with Gasteiger partial charge in [-0.1, -0.05) is 18.2 Å². The summed E-state index contributed by atoms with van der Waals surface area (Å²) >= 11 is 6.48. The van der Waals surface area contributed by atoms with Gasteiger partial charge in [-0.3, -0.25) is 9.56 Å². The summed E-state index contributed by atoms with van der Waals surface area (Å²) in [5, 5.41) is 54.1. The summed E-state index contributed by atoms with van der Waals surface area (Å²) in [6, 6.07) is 0.120. The molecule has 0 aliphatic carbocycles. The molecular weight excluding hydrogens is 672 g/mol. The molecule has 11 nitrogen and oxygen atoms in total. The van der Waals surface area contributed by atoms with Crippen molar-refractivity contribution in [2.45, 2.75) is 31.1 Å². The van der Waals surface area contributed by atoms with Gasteiger partial charge in [0.05, 0.1) is 34.5 Å². The number of hydrogen-bond acceptors (Lipinski definition) is 9. The maximum atomic E-state index is 14.6. The lowest BCUT2D eigenvalue weighted by Crippen LogP contribution is -2.56. The Bertz CT molecular complexity index is 2230. The summed E-state index contributed by atoms with van der Waals surface area (Å²) in [7, 11) is 1.41. The SMILES string of the molecule is C=C1NC(c2cc(F)ccc2Cl)c2c(Nc3cnnc4c(C(F)(F)F)cc(F)cc34)cc3c(c21)n(C)c(=NCC)n3C(O)(O)C(O)(O)F. The van der Waals surface area contributed by atoms with Crippen molar-refractivity contribution < 1.29 is 46.8 Å². The third-order valence-corrected chi connectivity index (χ3v) is 8.24. The van der Waals surface area contributed by atoms with Gasteiger partial charge in [0.1, 0.15) is 17.2 Å². The van der Waals surface area contributed by atoms with Gasteiger partial charge in [-0.05, 0) is 43.3 Å².